The van der Waals surface area contributed by atoms with Gasteiger partial charge >= 0.3 is 0 Å². The van der Waals surface area contributed by atoms with Crippen molar-refractivity contribution >= 4 is 0 Å². The Balaban J connectivity index is 3.85. The van der Waals surface area contributed by atoms with Crippen molar-refractivity contribution in [2.75, 3.05) is 13.2 Å². The van der Waals surface area contributed by atoms with Crippen LogP contribution in [-0.4, -0.2) is 24.3 Å². The lowest BCUT2D eigenvalue weighted by atomic mass is 9.89. The average molecular weight is 187 g/mol. The molecule has 0 aromatic heterocycles. The highest BCUT2D eigenvalue weighted by Gasteiger charge is 2.18. The van der Waals surface area contributed by atoms with Crippen LogP contribution in [0, 0.1) is 11.3 Å². The zero-order chi connectivity index (χ0) is 10.5. The molecular weight excluding hydrogens is 162 g/mol. The third-order valence-corrected chi connectivity index (χ3v) is 2.80. The Morgan fingerprint density at radius 2 is 1.85 bits per heavy atom. The third kappa shape index (κ3) is 5.27. The number of hydrogen-bond donors (Lipinski definition) is 2. The highest BCUT2D eigenvalue weighted by atomic mass is 16.3. The molecule has 0 aliphatic carbocycles. The lowest BCUT2D eigenvalue weighted by molar-refractivity contribution is 0.192. The molecule has 0 fully saturated rings. The summed E-state index contributed by atoms with van der Waals surface area (Å²) in [6, 6.07) is 0.242. The smallest absolute Gasteiger partial charge is 0.0587 e. The molecule has 0 aromatic rings. The van der Waals surface area contributed by atoms with Gasteiger partial charge in [-0.25, -0.2) is 0 Å². The fourth-order valence-corrected chi connectivity index (χ4v) is 1.04. The van der Waals surface area contributed by atoms with E-state index in [4.69, 9.17) is 5.11 Å². The summed E-state index contributed by atoms with van der Waals surface area (Å²) in [5.41, 5.74) is 0.336. The molecule has 1 unspecified atom stereocenters. The van der Waals surface area contributed by atoms with Gasteiger partial charge in [-0.3, -0.25) is 0 Å². The summed E-state index contributed by atoms with van der Waals surface area (Å²) in [5, 5.41) is 12.5. The van der Waals surface area contributed by atoms with Crippen molar-refractivity contribution < 1.29 is 5.11 Å². The van der Waals surface area contributed by atoms with Crippen molar-refractivity contribution in [1.29, 1.82) is 0 Å². The molecule has 0 heterocycles. The zero-order valence-electron chi connectivity index (χ0n) is 9.72. The van der Waals surface area contributed by atoms with Gasteiger partial charge in [0.05, 0.1) is 6.61 Å². The van der Waals surface area contributed by atoms with E-state index in [9.17, 15) is 0 Å². The quantitative estimate of drug-likeness (QED) is 0.667. The maximum atomic E-state index is 9.10. The van der Waals surface area contributed by atoms with Crippen LogP contribution in [-0.2, 0) is 0 Å². The van der Waals surface area contributed by atoms with Crippen LogP contribution in [0.4, 0.5) is 0 Å². The molecule has 2 nitrogen and oxygen atoms in total. The molecule has 0 bridgehead atoms. The summed E-state index contributed by atoms with van der Waals surface area (Å²) in [7, 11) is 0. The molecule has 0 aliphatic rings. The molecule has 1 atom stereocenters. The summed E-state index contributed by atoms with van der Waals surface area (Å²) in [5.74, 6) is 0.498. The van der Waals surface area contributed by atoms with E-state index < -0.39 is 0 Å². The normalized spacial score (nSPS) is 15.0. The van der Waals surface area contributed by atoms with Gasteiger partial charge in [0.2, 0.25) is 0 Å². The summed E-state index contributed by atoms with van der Waals surface area (Å²) in [6.07, 6.45) is 1.16. The van der Waals surface area contributed by atoms with Gasteiger partial charge in [0.15, 0.2) is 0 Å². The van der Waals surface area contributed by atoms with Crippen LogP contribution in [0.2, 0.25) is 0 Å². The van der Waals surface area contributed by atoms with Gasteiger partial charge in [-0.15, -0.1) is 0 Å². The van der Waals surface area contributed by atoms with Crippen LogP contribution < -0.4 is 5.32 Å². The number of aliphatic hydroxyl groups excluding tert-OH is 1. The van der Waals surface area contributed by atoms with Crippen molar-refractivity contribution in [3.05, 3.63) is 0 Å². The van der Waals surface area contributed by atoms with Gasteiger partial charge in [0, 0.05) is 12.6 Å². The summed E-state index contributed by atoms with van der Waals surface area (Å²) >= 11 is 0. The first-order chi connectivity index (χ1) is 5.93. The topological polar surface area (TPSA) is 32.3 Å². The molecule has 0 radical (unpaired) electrons. The van der Waals surface area contributed by atoms with Crippen molar-refractivity contribution in [2.24, 2.45) is 11.3 Å². The Morgan fingerprint density at radius 1 is 1.31 bits per heavy atom. The highest BCUT2D eigenvalue weighted by molar-refractivity contribution is 4.75. The Bertz CT molecular complexity index is 132. The summed E-state index contributed by atoms with van der Waals surface area (Å²) in [6.45, 7) is 12.2. The second kappa shape index (κ2) is 5.61. The summed E-state index contributed by atoms with van der Waals surface area (Å²) < 4.78 is 0. The van der Waals surface area contributed by atoms with E-state index in [0.29, 0.717) is 11.3 Å². The van der Waals surface area contributed by atoms with E-state index in [1.165, 1.54) is 0 Å². The molecule has 13 heavy (non-hydrogen) atoms. The van der Waals surface area contributed by atoms with Crippen LogP contribution in [0.15, 0.2) is 0 Å². The maximum absolute atomic E-state index is 9.10. The molecule has 0 rings (SSSR count). The molecule has 0 spiro atoms. The number of hydrogen-bond acceptors (Lipinski definition) is 2. The van der Waals surface area contributed by atoms with Gasteiger partial charge in [-0.05, 0) is 17.8 Å². The zero-order valence-corrected chi connectivity index (χ0v) is 9.72. The van der Waals surface area contributed by atoms with Gasteiger partial charge in [-0.1, -0.05) is 34.6 Å². The van der Waals surface area contributed by atoms with Crippen LogP contribution in [0.3, 0.4) is 0 Å². The second-order valence-electron chi connectivity index (χ2n) is 4.93. The first kappa shape index (κ1) is 12.9. The standard InChI is InChI=1S/C11H25NO/c1-6-11(4,5)8-12-10(7-13)9(2)3/h9-10,12-13H,6-8H2,1-5H3. The second-order valence-corrected chi connectivity index (χ2v) is 4.93. The van der Waals surface area contributed by atoms with Crippen LogP contribution >= 0.6 is 0 Å². The average Bonchev–Trinajstić information content (AvgIpc) is 2.05. The van der Waals surface area contributed by atoms with Gasteiger partial charge in [-0.2, -0.15) is 0 Å². The van der Waals surface area contributed by atoms with Gasteiger partial charge in [0.1, 0.15) is 0 Å². The first-order valence-corrected chi connectivity index (χ1v) is 5.27. The third-order valence-electron chi connectivity index (χ3n) is 2.80. The summed E-state index contributed by atoms with van der Waals surface area (Å²) in [4.78, 5) is 0. The molecule has 0 aliphatic heterocycles. The first-order valence-electron chi connectivity index (χ1n) is 5.27. The Hall–Kier alpha value is -0.0800. The molecule has 0 saturated heterocycles. The predicted octanol–water partition coefficient (Wildman–Crippen LogP) is 2.03. The van der Waals surface area contributed by atoms with Gasteiger partial charge in [0.25, 0.3) is 0 Å². The molecule has 2 heteroatoms. The number of rotatable bonds is 6. The highest BCUT2D eigenvalue weighted by Crippen LogP contribution is 2.18. The van der Waals surface area contributed by atoms with Crippen molar-refractivity contribution in [1.82, 2.24) is 5.32 Å². The van der Waals surface area contributed by atoms with E-state index >= 15 is 0 Å². The Kier molecular flexibility index (Phi) is 5.57. The lowest BCUT2D eigenvalue weighted by Crippen LogP contribution is -2.42. The maximum Gasteiger partial charge on any atom is 0.0587 e. The van der Waals surface area contributed by atoms with E-state index in [2.05, 4.69) is 39.9 Å². The minimum Gasteiger partial charge on any atom is -0.395 e. The molecular formula is C11H25NO. The van der Waals surface area contributed by atoms with E-state index in [0.717, 1.165) is 13.0 Å². The van der Waals surface area contributed by atoms with Crippen LogP contribution in [0.1, 0.15) is 41.0 Å². The van der Waals surface area contributed by atoms with Crippen molar-refractivity contribution in [3.8, 4) is 0 Å². The predicted molar refractivity (Wildman–Crippen MR) is 57.8 cm³/mol. The van der Waals surface area contributed by atoms with Gasteiger partial charge < -0.3 is 10.4 Å². The fourth-order valence-electron chi connectivity index (χ4n) is 1.04. The number of nitrogens with one attached hydrogen (secondary N) is 1. The Labute approximate surface area is 82.7 Å². The molecule has 2 N–H and O–H groups in total. The van der Waals surface area contributed by atoms with Crippen molar-refractivity contribution in [2.45, 2.75) is 47.1 Å². The SMILES string of the molecule is CCC(C)(C)CNC(CO)C(C)C. The minimum atomic E-state index is 0.234. The minimum absolute atomic E-state index is 0.234. The van der Waals surface area contributed by atoms with Crippen LogP contribution in [0.5, 0.6) is 0 Å². The van der Waals surface area contributed by atoms with E-state index in [-0.39, 0.29) is 12.6 Å². The van der Waals surface area contributed by atoms with Crippen molar-refractivity contribution in [3.63, 3.8) is 0 Å². The molecule has 80 valence electrons. The fraction of sp³-hybridized carbons (Fsp3) is 1.00. The van der Waals surface area contributed by atoms with E-state index in [1.54, 1.807) is 0 Å². The molecule has 0 saturated carbocycles. The lowest BCUT2D eigenvalue weighted by Gasteiger charge is -2.28. The largest absolute Gasteiger partial charge is 0.395 e. The Morgan fingerprint density at radius 3 is 2.15 bits per heavy atom. The molecule has 0 amide bonds. The number of aliphatic hydroxyl groups is 1. The van der Waals surface area contributed by atoms with Crippen LogP contribution in [0.25, 0.3) is 0 Å². The molecule has 0 aromatic carbocycles. The monoisotopic (exact) mass is 187 g/mol. The van der Waals surface area contributed by atoms with E-state index in [1.807, 2.05) is 0 Å².